The maximum atomic E-state index is 13.0. The predicted molar refractivity (Wildman–Crippen MR) is 112 cm³/mol. The third-order valence-electron chi connectivity index (χ3n) is 4.67. The van der Waals surface area contributed by atoms with Gasteiger partial charge in [0.2, 0.25) is 0 Å². The molecule has 0 aromatic heterocycles. The van der Waals surface area contributed by atoms with Crippen molar-refractivity contribution in [2.24, 2.45) is 0 Å². The lowest BCUT2D eigenvalue weighted by Crippen LogP contribution is -2.40. The maximum absolute atomic E-state index is 13.0. The molecule has 0 radical (unpaired) electrons. The van der Waals surface area contributed by atoms with Crippen LogP contribution in [0.4, 0.5) is 18.9 Å². The van der Waals surface area contributed by atoms with E-state index in [0.717, 1.165) is 16.7 Å². The highest BCUT2D eigenvalue weighted by molar-refractivity contribution is 5.52. The second-order valence-corrected chi connectivity index (χ2v) is 7.34. The highest BCUT2D eigenvalue weighted by Gasteiger charge is 2.39. The van der Waals surface area contributed by atoms with Gasteiger partial charge >= 0.3 is 6.18 Å². The van der Waals surface area contributed by atoms with Crippen LogP contribution in [0.5, 0.6) is 11.5 Å². The van der Waals surface area contributed by atoms with Gasteiger partial charge in [0.1, 0.15) is 11.5 Å². The Balaban J connectivity index is 1.86. The zero-order valence-corrected chi connectivity index (χ0v) is 16.9. The number of rotatable bonds is 7. The molecule has 1 unspecified atom stereocenters. The summed E-state index contributed by atoms with van der Waals surface area (Å²) >= 11 is 0. The minimum absolute atomic E-state index is 0.225. The molecule has 1 N–H and O–H groups in total. The maximum Gasteiger partial charge on any atom is 0.416 e. The molecule has 0 amide bonds. The van der Waals surface area contributed by atoms with E-state index in [0.29, 0.717) is 17.2 Å². The SMILES string of the molecule is Cc1ccc(Oc2cccc(N(Cc3cccc(C)c3)CC(O)C(F)(F)F)c2)cc1. The second kappa shape index (κ2) is 9.22. The first-order valence-corrected chi connectivity index (χ1v) is 9.60. The zero-order chi connectivity index (χ0) is 21.7. The van der Waals surface area contributed by atoms with Crippen molar-refractivity contribution in [1.82, 2.24) is 0 Å². The van der Waals surface area contributed by atoms with Gasteiger partial charge in [-0.05, 0) is 43.7 Å². The molecule has 0 aliphatic heterocycles. The van der Waals surface area contributed by atoms with Gasteiger partial charge in [-0.3, -0.25) is 0 Å². The molecule has 3 rings (SSSR count). The Hall–Kier alpha value is -2.99. The van der Waals surface area contributed by atoms with Crippen molar-refractivity contribution in [2.75, 3.05) is 11.4 Å². The van der Waals surface area contributed by atoms with Gasteiger partial charge < -0.3 is 14.7 Å². The van der Waals surface area contributed by atoms with Crippen LogP contribution in [0.1, 0.15) is 16.7 Å². The molecule has 0 bridgehead atoms. The van der Waals surface area contributed by atoms with Crippen LogP contribution in [0, 0.1) is 13.8 Å². The number of aryl methyl sites for hydroxylation is 2. The van der Waals surface area contributed by atoms with Gasteiger partial charge in [0.25, 0.3) is 0 Å². The summed E-state index contributed by atoms with van der Waals surface area (Å²) < 4.78 is 44.9. The molecule has 30 heavy (non-hydrogen) atoms. The molecule has 158 valence electrons. The number of hydrogen-bond donors (Lipinski definition) is 1. The first kappa shape index (κ1) is 21.7. The number of nitrogens with zero attached hydrogens (tertiary/aromatic N) is 1. The van der Waals surface area contributed by atoms with Gasteiger partial charge in [-0.1, -0.05) is 53.6 Å². The average Bonchev–Trinajstić information content (AvgIpc) is 2.69. The Kier molecular flexibility index (Phi) is 6.67. The van der Waals surface area contributed by atoms with E-state index in [4.69, 9.17) is 4.74 Å². The van der Waals surface area contributed by atoms with Crippen molar-refractivity contribution in [2.45, 2.75) is 32.7 Å². The number of ether oxygens (including phenoxy) is 1. The van der Waals surface area contributed by atoms with Gasteiger partial charge in [0.15, 0.2) is 6.10 Å². The van der Waals surface area contributed by atoms with Gasteiger partial charge in [-0.2, -0.15) is 13.2 Å². The van der Waals surface area contributed by atoms with Crippen molar-refractivity contribution < 1.29 is 23.0 Å². The van der Waals surface area contributed by atoms with E-state index in [9.17, 15) is 18.3 Å². The van der Waals surface area contributed by atoms with Crippen molar-refractivity contribution in [3.05, 3.63) is 89.5 Å². The summed E-state index contributed by atoms with van der Waals surface area (Å²) in [6.45, 7) is 3.54. The molecule has 0 heterocycles. The summed E-state index contributed by atoms with van der Waals surface area (Å²) in [7, 11) is 0. The highest BCUT2D eigenvalue weighted by atomic mass is 19.4. The fourth-order valence-corrected chi connectivity index (χ4v) is 3.09. The van der Waals surface area contributed by atoms with Crippen LogP contribution < -0.4 is 9.64 Å². The van der Waals surface area contributed by atoms with E-state index in [1.54, 1.807) is 24.3 Å². The average molecular weight is 415 g/mol. The summed E-state index contributed by atoms with van der Waals surface area (Å²) in [6.07, 6.45) is -7.15. The van der Waals surface area contributed by atoms with Crippen molar-refractivity contribution in [3.63, 3.8) is 0 Å². The number of hydrogen-bond acceptors (Lipinski definition) is 3. The first-order valence-electron chi connectivity index (χ1n) is 9.60. The fraction of sp³-hybridized carbons (Fsp3) is 0.250. The third kappa shape index (κ3) is 6.00. The van der Waals surface area contributed by atoms with Crippen LogP contribution in [0.3, 0.4) is 0 Å². The van der Waals surface area contributed by atoms with Crippen molar-refractivity contribution >= 4 is 5.69 Å². The van der Waals surface area contributed by atoms with Gasteiger partial charge in [0.05, 0.1) is 6.54 Å². The minimum Gasteiger partial charge on any atom is -0.457 e. The van der Waals surface area contributed by atoms with Crippen LogP contribution in [-0.4, -0.2) is 23.9 Å². The molecule has 0 saturated heterocycles. The lowest BCUT2D eigenvalue weighted by molar-refractivity contribution is -0.200. The summed E-state index contributed by atoms with van der Waals surface area (Å²) in [6, 6.07) is 21.9. The fourth-order valence-electron chi connectivity index (χ4n) is 3.09. The molecule has 0 aliphatic carbocycles. The van der Waals surface area contributed by atoms with E-state index in [2.05, 4.69) is 0 Å². The minimum atomic E-state index is -4.69. The van der Waals surface area contributed by atoms with Crippen molar-refractivity contribution in [1.29, 1.82) is 0 Å². The van der Waals surface area contributed by atoms with Gasteiger partial charge in [-0.15, -0.1) is 0 Å². The molecule has 3 nitrogen and oxygen atoms in total. The Labute approximate surface area is 174 Å². The second-order valence-electron chi connectivity index (χ2n) is 7.34. The molecule has 1 atom stereocenters. The van der Waals surface area contributed by atoms with Crippen LogP contribution >= 0.6 is 0 Å². The molecule has 0 aliphatic rings. The summed E-state index contributed by atoms with van der Waals surface area (Å²) in [5.41, 5.74) is 3.50. The van der Waals surface area contributed by atoms with Gasteiger partial charge in [0, 0.05) is 18.3 Å². The third-order valence-corrected chi connectivity index (χ3v) is 4.67. The quantitative estimate of drug-likeness (QED) is 0.512. The lowest BCUT2D eigenvalue weighted by atomic mass is 10.1. The van der Waals surface area contributed by atoms with E-state index < -0.39 is 18.8 Å². The normalized spacial score (nSPS) is 12.5. The molecular weight excluding hydrogens is 391 g/mol. The number of anilines is 1. The largest absolute Gasteiger partial charge is 0.457 e. The monoisotopic (exact) mass is 415 g/mol. The van der Waals surface area contributed by atoms with E-state index in [1.807, 2.05) is 62.4 Å². The summed E-state index contributed by atoms with van der Waals surface area (Å²) in [4.78, 5) is 1.51. The van der Waals surface area contributed by atoms with Crippen LogP contribution in [0.25, 0.3) is 0 Å². The van der Waals surface area contributed by atoms with E-state index in [-0.39, 0.29) is 6.54 Å². The standard InChI is InChI=1S/C24H24F3NO2/c1-17-9-11-21(12-10-17)30-22-8-4-7-20(14-22)28(16-23(29)24(25,26)27)15-19-6-3-5-18(2)13-19/h3-14,23,29H,15-16H2,1-2H3. The Bertz CT molecular complexity index is 971. The molecule has 0 saturated carbocycles. The predicted octanol–water partition coefficient (Wildman–Crippen LogP) is 6.03. The van der Waals surface area contributed by atoms with Crippen LogP contribution in [0.15, 0.2) is 72.8 Å². The Morgan fingerprint density at radius 2 is 1.57 bits per heavy atom. The smallest absolute Gasteiger partial charge is 0.416 e. The molecule has 0 fully saturated rings. The number of aliphatic hydroxyl groups is 1. The van der Waals surface area contributed by atoms with Gasteiger partial charge in [-0.25, -0.2) is 0 Å². The summed E-state index contributed by atoms with van der Waals surface area (Å²) in [5, 5.41) is 9.68. The molecular formula is C24H24F3NO2. The van der Waals surface area contributed by atoms with E-state index in [1.165, 1.54) is 4.90 Å². The molecule has 3 aromatic carbocycles. The number of alkyl halides is 3. The lowest BCUT2D eigenvalue weighted by Gasteiger charge is -2.29. The Morgan fingerprint density at radius 3 is 2.23 bits per heavy atom. The topological polar surface area (TPSA) is 32.7 Å². The highest BCUT2D eigenvalue weighted by Crippen LogP contribution is 2.29. The molecule has 6 heteroatoms. The summed E-state index contributed by atoms with van der Waals surface area (Å²) in [5.74, 6) is 1.14. The van der Waals surface area contributed by atoms with Crippen LogP contribution in [-0.2, 0) is 6.54 Å². The first-order chi connectivity index (χ1) is 14.2. The van der Waals surface area contributed by atoms with Crippen LogP contribution in [0.2, 0.25) is 0 Å². The zero-order valence-electron chi connectivity index (χ0n) is 16.9. The molecule has 3 aromatic rings. The van der Waals surface area contributed by atoms with E-state index >= 15 is 0 Å². The number of aliphatic hydroxyl groups excluding tert-OH is 1. The van der Waals surface area contributed by atoms with Crippen molar-refractivity contribution in [3.8, 4) is 11.5 Å². The number of halogens is 3. The Morgan fingerprint density at radius 1 is 0.867 bits per heavy atom. The molecule has 0 spiro atoms. The number of benzene rings is 3.